The normalized spacial score (nSPS) is 13.8. The molecule has 2 unspecified atom stereocenters. The van der Waals surface area contributed by atoms with E-state index in [4.69, 9.17) is 37.0 Å². The van der Waals surface area contributed by atoms with Crippen molar-refractivity contribution in [1.82, 2.24) is 0 Å². The van der Waals surface area contributed by atoms with Gasteiger partial charge in [0, 0.05) is 25.7 Å². The first kappa shape index (κ1) is 100. The zero-order valence-corrected chi connectivity index (χ0v) is 68.5. The Bertz CT molecular complexity index is 1940. The second kappa shape index (κ2) is 75.9. The molecule has 5 atom stereocenters. The van der Waals surface area contributed by atoms with Crippen molar-refractivity contribution in [2.45, 2.75) is 464 Å². The lowest BCUT2D eigenvalue weighted by Crippen LogP contribution is -2.30. The molecule has 0 radical (unpaired) electrons. The van der Waals surface area contributed by atoms with E-state index in [9.17, 15) is 43.2 Å². The van der Waals surface area contributed by atoms with Gasteiger partial charge < -0.3 is 33.8 Å². The summed E-state index contributed by atoms with van der Waals surface area (Å²) in [6.07, 6.45) is 67.8. The predicted molar refractivity (Wildman–Crippen MR) is 418 cm³/mol. The number of phosphoric acid groups is 2. The number of hydrogen-bond acceptors (Lipinski definition) is 15. The first-order valence-corrected chi connectivity index (χ1v) is 46.1. The predicted octanol–water partition coefficient (Wildman–Crippen LogP) is 25.2. The van der Waals surface area contributed by atoms with Crippen LogP contribution in [0.15, 0.2) is 0 Å². The largest absolute Gasteiger partial charge is 0.472 e. The summed E-state index contributed by atoms with van der Waals surface area (Å²) in [6, 6.07) is 0. The van der Waals surface area contributed by atoms with E-state index in [1.54, 1.807) is 0 Å². The summed E-state index contributed by atoms with van der Waals surface area (Å²) in [4.78, 5) is 73.1. The number of phosphoric ester groups is 2. The molecule has 0 aromatic rings. The Balaban J connectivity index is 5.23. The van der Waals surface area contributed by atoms with Crippen LogP contribution in [0.1, 0.15) is 446 Å². The van der Waals surface area contributed by atoms with Crippen LogP contribution in [0, 0.1) is 5.92 Å². The van der Waals surface area contributed by atoms with E-state index in [0.717, 1.165) is 95.8 Å². The molecule has 0 bridgehead atoms. The molecule has 0 saturated heterocycles. The van der Waals surface area contributed by atoms with E-state index in [2.05, 4.69) is 34.6 Å². The second-order valence-electron chi connectivity index (χ2n) is 30.3. The number of aliphatic hydroxyl groups excluding tert-OH is 1. The Kier molecular flexibility index (Phi) is 74.4. The van der Waals surface area contributed by atoms with Crippen LogP contribution in [0.2, 0.25) is 0 Å². The Morgan fingerprint density at radius 3 is 0.667 bits per heavy atom. The number of ether oxygens (including phenoxy) is 4. The Labute approximate surface area is 626 Å². The third-order valence-corrected chi connectivity index (χ3v) is 21.4. The van der Waals surface area contributed by atoms with Gasteiger partial charge in [0.2, 0.25) is 0 Å². The average molecular weight is 1490 g/mol. The number of unbranched alkanes of at least 4 members (excludes halogenated alkanes) is 55. The van der Waals surface area contributed by atoms with Crippen molar-refractivity contribution < 1.29 is 80.2 Å². The second-order valence-corrected chi connectivity index (χ2v) is 33.3. The molecule has 0 heterocycles. The van der Waals surface area contributed by atoms with Crippen molar-refractivity contribution >= 4 is 39.5 Å². The van der Waals surface area contributed by atoms with Crippen LogP contribution in [-0.2, 0) is 65.4 Å². The molecular weight excluding hydrogens is 1330 g/mol. The quantitative estimate of drug-likeness (QED) is 0.0222. The van der Waals surface area contributed by atoms with Crippen molar-refractivity contribution in [2.75, 3.05) is 39.6 Å². The fraction of sp³-hybridized carbons (Fsp3) is 0.952. The van der Waals surface area contributed by atoms with Crippen LogP contribution in [0.4, 0.5) is 0 Å². The van der Waals surface area contributed by atoms with E-state index in [0.29, 0.717) is 25.7 Å². The molecule has 0 saturated carbocycles. The number of esters is 4. The minimum absolute atomic E-state index is 0.109. The number of hydrogen-bond donors (Lipinski definition) is 3. The summed E-state index contributed by atoms with van der Waals surface area (Å²) in [5.41, 5.74) is 0. The van der Waals surface area contributed by atoms with Crippen molar-refractivity contribution in [2.24, 2.45) is 5.92 Å². The average Bonchev–Trinajstić information content (AvgIpc) is 0.929. The molecule has 0 aliphatic rings. The van der Waals surface area contributed by atoms with Gasteiger partial charge in [-0.15, -0.1) is 0 Å². The summed E-state index contributed by atoms with van der Waals surface area (Å²) < 4.78 is 68.8. The molecule has 0 fully saturated rings. The molecule has 0 spiro atoms. The van der Waals surface area contributed by atoms with Gasteiger partial charge in [0.1, 0.15) is 19.3 Å². The molecule has 0 aliphatic carbocycles. The first-order chi connectivity index (χ1) is 49.5. The van der Waals surface area contributed by atoms with Gasteiger partial charge in [-0.1, -0.05) is 394 Å². The maximum absolute atomic E-state index is 13.1. The lowest BCUT2D eigenvalue weighted by Gasteiger charge is -2.21. The highest BCUT2D eigenvalue weighted by atomic mass is 31.2. The fourth-order valence-corrected chi connectivity index (χ4v) is 14.5. The van der Waals surface area contributed by atoms with Crippen molar-refractivity contribution in [3.8, 4) is 0 Å². The van der Waals surface area contributed by atoms with E-state index < -0.39 is 97.5 Å². The van der Waals surface area contributed by atoms with Gasteiger partial charge in [-0.25, -0.2) is 9.13 Å². The summed E-state index contributed by atoms with van der Waals surface area (Å²) in [5.74, 6) is -1.28. The van der Waals surface area contributed by atoms with Crippen LogP contribution in [0.5, 0.6) is 0 Å². The molecule has 17 nitrogen and oxygen atoms in total. The van der Waals surface area contributed by atoms with Gasteiger partial charge >= 0.3 is 39.5 Å². The number of carbonyl (C=O) groups is 4. The third-order valence-electron chi connectivity index (χ3n) is 19.5. The number of carbonyl (C=O) groups excluding carboxylic acids is 4. The maximum atomic E-state index is 13.1. The van der Waals surface area contributed by atoms with Crippen molar-refractivity contribution in [3.63, 3.8) is 0 Å². The van der Waals surface area contributed by atoms with Crippen molar-refractivity contribution in [3.05, 3.63) is 0 Å². The monoisotopic (exact) mass is 1490 g/mol. The highest BCUT2D eigenvalue weighted by molar-refractivity contribution is 7.47. The molecule has 19 heteroatoms. The van der Waals surface area contributed by atoms with E-state index in [1.165, 1.54) is 270 Å². The third kappa shape index (κ3) is 76.3. The Hall–Kier alpha value is -1.94. The zero-order valence-electron chi connectivity index (χ0n) is 66.8. The van der Waals surface area contributed by atoms with Gasteiger partial charge in [-0.3, -0.25) is 37.3 Å². The van der Waals surface area contributed by atoms with Gasteiger partial charge in [0.05, 0.1) is 26.4 Å². The van der Waals surface area contributed by atoms with Gasteiger partial charge in [-0.2, -0.15) is 0 Å². The minimum Gasteiger partial charge on any atom is -0.462 e. The summed E-state index contributed by atoms with van der Waals surface area (Å²) >= 11 is 0. The topological polar surface area (TPSA) is 237 Å². The lowest BCUT2D eigenvalue weighted by molar-refractivity contribution is -0.161. The van der Waals surface area contributed by atoms with Crippen LogP contribution in [-0.4, -0.2) is 96.7 Å². The summed E-state index contributed by atoms with van der Waals surface area (Å²) in [6.45, 7) is 7.39. The van der Waals surface area contributed by atoms with Crippen LogP contribution in [0.25, 0.3) is 0 Å². The minimum atomic E-state index is -4.96. The number of aliphatic hydroxyl groups is 1. The molecule has 0 amide bonds. The van der Waals surface area contributed by atoms with Crippen molar-refractivity contribution in [1.29, 1.82) is 0 Å². The SMILES string of the molecule is CCCCCCCCCCCCCCCCCC(=O)OC[C@H](COP(=O)(O)OC[C@@H](O)COP(=O)(O)OC[C@@H](COC(=O)CCCCCCCCCCCCCC)OC(=O)CCCCCCCCCCCCCCCC)OC(=O)CCCCCCCCCCCCCCCCCCCCC(C)C. The zero-order chi connectivity index (χ0) is 74.8. The highest BCUT2D eigenvalue weighted by Crippen LogP contribution is 2.45. The van der Waals surface area contributed by atoms with E-state index in [-0.39, 0.29) is 25.7 Å². The number of rotatable bonds is 83. The standard InChI is InChI=1S/C83H162O17P2/c1-6-9-12-15-18-21-24-27-33-38-42-47-52-57-62-67-81(86)94-73-79(100-83(88)69-64-59-54-49-44-39-35-32-30-29-31-34-36-40-45-50-55-60-65-76(4)5)75-98-102(91,92)96-71-77(84)70-95-101(89,90)97-74-78(72-93-80(85)66-61-56-51-46-41-26-23-20-17-14-11-8-3)99-82(87)68-63-58-53-48-43-37-28-25-22-19-16-13-10-7-2/h76-79,84H,6-75H2,1-5H3,(H,89,90)(H,91,92)/t77-,78+,79+/m0/s1. The molecule has 0 aromatic heterocycles. The molecule has 102 heavy (non-hydrogen) atoms. The van der Waals surface area contributed by atoms with E-state index >= 15 is 0 Å². The Morgan fingerprint density at radius 1 is 0.265 bits per heavy atom. The lowest BCUT2D eigenvalue weighted by atomic mass is 10.0. The highest BCUT2D eigenvalue weighted by Gasteiger charge is 2.30. The van der Waals surface area contributed by atoms with Gasteiger partial charge in [0.15, 0.2) is 12.2 Å². The Morgan fingerprint density at radius 2 is 0.451 bits per heavy atom. The van der Waals surface area contributed by atoms with Crippen LogP contribution >= 0.6 is 15.6 Å². The molecular formula is C83H162O17P2. The molecule has 0 rings (SSSR count). The van der Waals surface area contributed by atoms with Gasteiger partial charge in [0.25, 0.3) is 0 Å². The van der Waals surface area contributed by atoms with Gasteiger partial charge in [-0.05, 0) is 31.6 Å². The first-order valence-electron chi connectivity index (χ1n) is 43.1. The fourth-order valence-electron chi connectivity index (χ4n) is 12.9. The van der Waals surface area contributed by atoms with Crippen LogP contribution < -0.4 is 0 Å². The maximum Gasteiger partial charge on any atom is 0.472 e. The molecule has 0 aromatic carbocycles. The van der Waals surface area contributed by atoms with E-state index in [1.807, 2.05) is 0 Å². The molecule has 0 aliphatic heterocycles. The summed E-state index contributed by atoms with van der Waals surface area (Å²) in [5, 5.41) is 10.7. The summed E-state index contributed by atoms with van der Waals surface area (Å²) in [7, 11) is -9.92. The smallest absolute Gasteiger partial charge is 0.462 e. The van der Waals surface area contributed by atoms with Crippen LogP contribution in [0.3, 0.4) is 0 Å². The molecule has 606 valence electrons. The molecule has 3 N–H and O–H groups in total.